The normalized spacial score (nSPS) is 16.9. The van der Waals surface area contributed by atoms with Crippen LogP contribution in [0, 0.1) is 5.41 Å². The molecule has 0 aliphatic heterocycles. The summed E-state index contributed by atoms with van der Waals surface area (Å²) in [4.78, 5) is 11.1. The molecule has 86 valence electrons. The fraction of sp³-hybridized carbons (Fsp3) is 0.417. The van der Waals surface area contributed by atoms with Gasteiger partial charge in [0, 0.05) is 0 Å². The third-order valence-electron chi connectivity index (χ3n) is 3.07. The zero-order chi connectivity index (χ0) is 11.8. The molecule has 16 heavy (non-hydrogen) atoms. The molecule has 2 rings (SSSR count). The summed E-state index contributed by atoms with van der Waals surface area (Å²) in [5.74, 6) is 0.0864. The van der Waals surface area contributed by atoms with E-state index < -0.39 is 11.4 Å². The lowest BCUT2D eigenvalue weighted by atomic mass is 9.97. The molecule has 1 aromatic rings. The average Bonchev–Trinajstić information content (AvgIpc) is 2.99. The van der Waals surface area contributed by atoms with Gasteiger partial charge in [0.2, 0.25) is 0 Å². The molecule has 0 atom stereocenters. The number of carboxylic acids is 1. The first-order valence-electron chi connectivity index (χ1n) is 5.13. The maximum Gasteiger partial charge on any atom is 0.309 e. The molecule has 0 heterocycles. The molecule has 0 bridgehead atoms. The number of carbonyl (C=O) groups is 1. The van der Waals surface area contributed by atoms with Gasteiger partial charge in [-0.1, -0.05) is 6.07 Å². The van der Waals surface area contributed by atoms with Gasteiger partial charge in [-0.2, -0.15) is 0 Å². The molecule has 0 saturated heterocycles. The Morgan fingerprint density at radius 2 is 2.25 bits per heavy atom. The predicted molar refractivity (Wildman–Crippen MR) is 63.7 cm³/mol. The van der Waals surface area contributed by atoms with Crippen LogP contribution in [0.25, 0.3) is 0 Å². The Bertz CT molecular complexity index is 424. The maximum atomic E-state index is 11.1. The number of ether oxygens (including phenoxy) is 1. The van der Waals surface area contributed by atoms with Gasteiger partial charge in [-0.15, -0.1) is 0 Å². The molecule has 0 radical (unpaired) electrons. The Morgan fingerprint density at radius 1 is 1.56 bits per heavy atom. The molecule has 4 heteroatoms. The lowest BCUT2D eigenvalue weighted by Gasteiger charge is -2.11. The van der Waals surface area contributed by atoms with Crippen molar-refractivity contribution < 1.29 is 14.6 Å². The summed E-state index contributed by atoms with van der Waals surface area (Å²) in [6.45, 7) is 0. The highest BCUT2D eigenvalue weighted by Crippen LogP contribution is 2.49. The second kappa shape index (κ2) is 4.09. The fourth-order valence-corrected chi connectivity index (χ4v) is 2.42. The van der Waals surface area contributed by atoms with Crippen molar-refractivity contribution in [1.29, 1.82) is 0 Å². The molecule has 1 aromatic carbocycles. The molecule has 0 aromatic heterocycles. The molecule has 0 spiro atoms. The van der Waals surface area contributed by atoms with Crippen LogP contribution in [0.1, 0.15) is 18.4 Å². The van der Waals surface area contributed by atoms with Crippen molar-refractivity contribution in [3.63, 3.8) is 0 Å². The summed E-state index contributed by atoms with van der Waals surface area (Å²) in [7, 11) is 1.61. The zero-order valence-corrected chi connectivity index (χ0v) is 10.6. The monoisotopic (exact) mass is 284 g/mol. The van der Waals surface area contributed by atoms with Crippen molar-refractivity contribution >= 4 is 21.9 Å². The van der Waals surface area contributed by atoms with Crippen LogP contribution in [0.3, 0.4) is 0 Å². The van der Waals surface area contributed by atoms with Crippen molar-refractivity contribution in [2.45, 2.75) is 19.3 Å². The van der Waals surface area contributed by atoms with E-state index >= 15 is 0 Å². The van der Waals surface area contributed by atoms with Gasteiger partial charge in [0.25, 0.3) is 0 Å². The summed E-state index contributed by atoms with van der Waals surface area (Å²) in [6.07, 6.45) is 2.17. The van der Waals surface area contributed by atoms with Gasteiger partial charge in [-0.3, -0.25) is 4.79 Å². The largest absolute Gasteiger partial charge is 0.496 e. The lowest BCUT2D eigenvalue weighted by molar-refractivity contribution is -0.143. The first-order chi connectivity index (χ1) is 7.57. The Morgan fingerprint density at radius 3 is 2.69 bits per heavy atom. The van der Waals surface area contributed by atoms with Gasteiger partial charge in [0.05, 0.1) is 17.0 Å². The number of methoxy groups -OCH3 is 1. The Hall–Kier alpha value is -1.03. The summed E-state index contributed by atoms with van der Waals surface area (Å²) >= 11 is 3.40. The Kier molecular flexibility index (Phi) is 2.93. The van der Waals surface area contributed by atoms with Crippen molar-refractivity contribution in [2.75, 3.05) is 7.11 Å². The van der Waals surface area contributed by atoms with Crippen LogP contribution in [0.4, 0.5) is 0 Å². The molecule has 0 amide bonds. The molecule has 3 nitrogen and oxygen atoms in total. The topological polar surface area (TPSA) is 46.5 Å². The van der Waals surface area contributed by atoms with Crippen LogP contribution < -0.4 is 4.74 Å². The number of aliphatic carboxylic acids is 1. The summed E-state index contributed by atoms with van der Waals surface area (Å²) in [5.41, 5.74) is 0.529. The van der Waals surface area contributed by atoms with E-state index in [2.05, 4.69) is 15.9 Å². The van der Waals surface area contributed by atoms with Gasteiger partial charge in [-0.05, 0) is 52.9 Å². The Labute approximate surface area is 103 Å². The Balaban J connectivity index is 2.17. The van der Waals surface area contributed by atoms with Crippen LogP contribution in [0.15, 0.2) is 22.7 Å². The highest BCUT2D eigenvalue weighted by Gasteiger charge is 2.49. The van der Waals surface area contributed by atoms with E-state index in [1.54, 1.807) is 7.11 Å². The third-order valence-corrected chi connectivity index (χ3v) is 3.69. The standard InChI is InChI=1S/C12H13BrO3/c1-16-10-3-2-8(6-9(10)13)7-12(4-5-12)11(14)15/h2-3,6H,4-5,7H2,1H3,(H,14,15). The van der Waals surface area contributed by atoms with Crippen LogP contribution in [-0.2, 0) is 11.2 Å². The molecule has 1 fully saturated rings. The van der Waals surface area contributed by atoms with Crippen LogP contribution in [-0.4, -0.2) is 18.2 Å². The first-order valence-corrected chi connectivity index (χ1v) is 5.92. The van der Waals surface area contributed by atoms with E-state index in [0.29, 0.717) is 6.42 Å². The van der Waals surface area contributed by atoms with E-state index in [1.807, 2.05) is 18.2 Å². The van der Waals surface area contributed by atoms with E-state index in [-0.39, 0.29) is 0 Å². The fourth-order valence-electron chi connectivity index (χ4n) is 1.83. The smallest absolute Gasteiger partial charge is 0.309 e. The van der Waals surface area contributed by atoms with Gasteiger partial charge < -0.3 is 9.84 Å². The number of hydrogen-bond donors (Lipinski definition) is 1. The van der Waals surface area contributed by atoms with Gasteiger partial charge in [-0.25, -0.2) is 0 Å². The second-order valence-electron chi connectivity index (χ2n) is 4.23. The highest BCUT2D eigenvalue weighted by molar-refractivity contribution is 9.10. The van der Waals surface area contributed by atoms with Gasteiger partial charge in [0.15, 0.2) is 0 Å². The first kappa shape index (κ1) is 11.5. The van der Waals surface area contributed by atoms with E-state index in [9.17, 15) is 4.79 Å². The number of benzene rings is 1. The minimum Gasteiger partial charge on any atom is -0.496 e. The second-order valence-corrected chi connectivity index (χ2v) is 5.09. The molecular weight excluding hydrogens is 272 g/mol. The van der Waals surface area contributed by atoms with Crippen LogP contribution >= 0.6 is 15.9 Å². The third kappa shape index (κ3) is 2.07. The number of hydrogen-bond acceptors (Lipinski definition) is 2. The summed E-state index contributed by atoms with van der Waals surface area (Å²) < 4.78 is 6.00. The van der Waals surface area contributed by atoms with E-state index in [0.717, 1.165) is 28.6 Å². The quantitative estimate of drug-likeness (QED) is 0.925. The summed E-state index contributed by atoms with van der Waals surface area (Å²) in [6, 6.07) is 5.71. The van der Waals surface area contributed by atoms with Gasteiger partial charge in [0.1, 0.15) is 5.75 Å². The van der Waals surface area contributed by atoms with Crippen molar-refractivity contribution in [1.82, 2.24) is 0 Å². The van der Waals surface area contributed by atoms with Crippen molar-refractivity contribution in [3.8, 4) is 5.75 Å². The number of rotatable bonds is 4. The van der Waals surface area contributed by atoms with Crippen LogP contribution in [0.2, 0.25) is 0 Å². The molecule has 1 aliphatic carbocycles. The minimum atomic E-state index is -0.681. The van der Waals surface area contributed by atoms with E-state index in [1.165, 1.54) is 0 Å². The number of halogens is 1. The number of carboxylic acid groups (broad SMARTS) is 1. The van der Waals surface area contributed by atoms with E-state index in [4.69, 9.17) is 9.84 Å². The molecule has 1 N–H and O–H groups in total. The molecular formula is C12H13BrO3. The SMILES string of the molecule is COc1ccc(CC2(C(=O)O)CC2)cc1Br. The highest BCUT2D eigenvalue weighted by atomic mass is 79.9. The van der Waals surface area contributed by atoms with Crippen molar-refractivity contribution in [3.05, 3.63) is 28.2 Å². The van der Waals surface area contributed by atoms with Crippen molar-refractivity contribution in [2.24, 2.45) is 5.41 Å². The molecule has 0 unspecified atom stereocenters. The average molecular weight is 285 g/mol. The molecule has 1 saturated carbocycles. The predicted octanol–water partition coefficient (Wildman–Crippen LogP) is 2.87. The van der Waals surface area contributed by atoms with Gasteiger partial charge >= 0.3 is 5.97 Å². The minimum absolute atomic E-state index is 0.506. The summed E-state index contributed by atoms with van der Waals surface area (Å²) in [5, 5.41) is 9.10. The molecule has 1 aliphatic rings. The zero-order valence-electron chi connectivity index (χ0n) is 9.00. The lowest BCUT2D eigenvalue weighted by Crippen LogP contribution is -2.17. The maximum absolute atomic E-state index is 11.1. The van der Waals surface area contributed by atoms with Crippen LogP contribution in [0.5, 0.6) is 5.75 Å².